The third-order valence-electron chi connectivity index (χ3n) is 6.71. The van der Waals surface area contributed by atoms with Crippen LogP contribution in [-0.2, 0) is 0 Å². The van der Waals surface area contributed by atoms with Crippen LogP contribution in [0.4, 0.5) is 13.2 Å². The second kappa shape index (κ2) is 14.9. The van der Waals surface area contributed by atoms with E-state index < -0.39 is 17.8 Å². The van der Waals surface area contributed by atoms with E-state index in [9.17, 15) is 13.2 Å². The van der Waals surface area contributed by atoms with E-state index in [2.05, 4.69) is 16.9 Å². The lowest BCUT2D eigenvalue weighted by Gasteiger charge is -2.12. The van der Waals surface area contributed by atoms with Gasteiger partial charge in [-0.2, -0.15) is 4.39 Å². The van der Waals surface area contributed by atoms with Crippen molar-refractivity contribution in [3.05, 3.63) is 36.2 Å². The number of benzene rings is 1. The highest BCUT2D eigenvalue weighted by atomic mass is 19.2. The number of hydrogen-bond acceptors (Lipinski definition) is 4. The molecule has 1 saturated carbocycles. The fourth-order valence-electron chi connectivity index (χ4n) is 4.60. The molecule has 1 aliphatic rings. The Balaban J connectivity index is 1.42. The zero-order valence-electron chi connectivity index (χ0n) is 20.9. The molecule has 0 saturated heterocycles. The lowest BCUT2D eigenvalue weighted by molar-refractivity contribution is 0.177. The zero-order chi connectivity index (χ0) is 24.9. The first-order chi connectivity index (χ1) is 17.1. The van der Waals surface area contributed by atoms with Crippen molar-refractivity contribution in [2.45, 2.75) is 96.6 Å². The standard InChI is InChI=1S/C28H39F3N2O2/c1-2-3-4-7-14-22(29)20-35-25-16-15-24(26(30)27(25)31)28-32-18-23(19-33-28)34-17-10-5-6-11-21-12-8-9-13-21/h15-16,18-19,21-22H,2-14,17,20H2,1H3. The molecule has 1 aliphatic carbocycles. The number of hydrogen-bond donors (Lipinski definition) is 0. The van der Waals surface area contributed by atoms with Crippen LogP contribution in [0.1, 0.15) is 90.4 Å². The second-order valence-electron chi connectivity index (χ2n) is 9.59. The van der Waals surface area contributed by atoms with Crippen LogP contribution in [-0.4, -0.2) is 29.4 Å². The maximum Gasteiger partial charge on any atom is 0.201 e. The van der Waals surface area contributed by atoms with Crippen molar-refractivity contribution in [1.29, 1.82) is 0 Å². The monoisotopic (exact) mass is 492 g/mol. The van der Waals surface area contributed by atoms with Crippen molar-refractivity contribution in [3.63, 3.8) is 0 Å². The van der Waals surface area contributed by atoms with Gasteiger partial charge < -0.3 is 9.47 Å². The lowest BCUT2D eigenvalue weighted by atomic mass is 10.0. The van der Waals surface area contributed by atoms with Gasteiger partial charge in [-0.25, -0.2) is 18.7 Å². The number of aromatic nitrogens is 2. The summed E-state index contributed by atoms with van der Waals surface area (Å²) >= 11 is 0. The fourth-order valence-corrected chi connectivity index (χ4v) is 4.60. The van der Waals surface area contributed by atoms with Crippen molar-refractivity contribution < 1.29 is 22.6 Å². The van der Waals surface area contributed by atoms with E-state index in [1.165, 1.54) is 63.1 Å². The number of halogens is 3. The van der Waals surface area contributed by atoms with Crippen LogP contribution in [0.5, 0.6) is 11.5 Å². The maximum absolute atomic E-state index is 14.6. The van der Waals surface area contributed by atoms with E-state index in [1.54, 1.807) is 0 Å². The minimum atomic E-state index is -1.21. The van der Waals surface area contributed by atoms with Crippen LogP contribution in [0, 0.1) is 17.6 Å². The molecule has 1 unspecified atom stereocenters. The molecule has 1 aromatic heterocycles. The summed E-state index contributed by atoms with van der Waals surface area (Å²) in [6, 6.07) is 2.64. The summed E-state index contributed by atoms with van der Waals surface area (Å²) in [5.41, 5.74) is -0.0790. The summed E-state index contributed by atoms with van der Waals surface area (Å²) in [6.07, 6.45) is 16.1. The molecular weight excluding hydrogens is 453 g/mol. The molecule has 1 aromatic carbocycles. The van der Waals surface area contributed by atoms with Gasteiger partial charge in [0.05, 0.1) is 24.6 Å². The zero-order valence-corrected chi connectivity index (χ0v) is 20.9. The second-order valence-corrected chi connectivity index (χ2v) is 9.59. The molecule has 3 rings (SSSR count). The SMILES string of the molecule is CCCCCCC(F)COc1ccc(-c2ncc(OCCCCCC3CCCC3)cn2)c(F)c1F. The van der Waals surface area contributed by atoms with E-state index in [1.807, 2.05) is 0 Å². The van der Waals surface area contributed by atoms with Gasteiger partial charge in [-0.1, -0.05) is 77.6 Å². The number of unbranched alkanes of at least 4 members (excludes halogenated alkanes) is 5. The van der Waals surface area contributed by atoms with Gasteiger partial charge in [0, 0.05) is 0 Å². The normalized spacial score (nSPS) is 14.9. The first-order valence-electron chi connectivity index (χ1n) is 13.3. The molecule has 0 spiro atoms. The van der Waals surface area contributed by atoms with Gasteiger partial charge in [0.25, 0.3) is 0 Å². The van der Waals surface area contributed by atoms with E-state index >= 15 is 0 Å². The Morgan fingerprint density at radius 1 is 0.914 bits per heavy atom. The Hall–Kier alpha value is -2.31. The number of nitrogens with zero attached hydrogens (tertiary/aromatic N) is 2. The maximum atomic E-state index is 14.6. The van der Waals surface area contributed by atoms with Gasteiger partial charge in [-0.05, 0) is 30.9 Å². The summed E-state index contributed by atoms with van der Waals surface area (Å²) in [7, 11) is 0. The van der Waals surface area contributed by atoms with Crippen LogP contribution in [0.2, 0.25) is 0 Å². The number of rotatable bonds is 16. The van der Waals surface area contributed by atoms with Crippen LogP contribution >= 0.6 is 0 Å². The van der Waals surface area contributed by atoms with Crippen LogP contribution in [0.25, 0.3) is 11.4 Å². The van der Waals surface area contributed by atoms with Crippen LogP contribution < -0.4 is 9.47 Å². The van der Waals surface area contributed by atoms with E-state index in [4.69, 9.17) is 9.47 Å². The predicted octanol–water partition coefficient (Wildman–Crippen LogP) is 8.24. The van der Waals surface area contributed by atoms with Crippen molar-refractivity contribution in [2.75, 3.05) is 13.2 Å². The molecule has 1 fully saturated rings. The highest BCUT2D eigenvalue weighted by Crippen LogP contribution is 2.30. The van der Waals surface area contributed by atoms with E-state index in [0.717, 1.165) is 44.4 Å². The van der Waals surface area contributed by atoms with Crippen LogP contribution in [0.15, 0.2) is 24.5 Å². The number of alkyl halides is 1. The van der Waals surface area contributed by atoms with Crippen LogP contribution in [0.3, 0.4) is 0 Å². The topological polar surface area (TPSA) is 44.2 Å². The van der Waals surface area contributed by atoms with Crippen molar-refractivity contribution in [1.82, 2.24) is 9.97 Å². The molecule has 1 heterocycles. The highest BCUT2D eigenvalue weighted by molar-refractivity contribution is 5.57. The van der Waals surface area contributed by atoms with E-state index in [-0.39, 0.29) is 23.7 Å². The largest absolute Gasteiger partial charge is 0.490 e. The minimum absolute atomic E-state index is 0.0520. The summed E-state index contributed by atoms with van der Waals surface area (Å²) in [6.45, 7) is 2.37. The average Bonchev–Trinajstić information content (AvgIpc) is 3.39. The van der Waals surface area contributed by atoms with Gasteiger partial charge in [-0.3, -0.25) is 0 Å². The molecule has 0 N–H and O–H groups in total. The third-order valence-corrected chi connectivity index (χ3v) is 6.71. The smallest absolute Gasteiger partial charge is 0.201 e. The third kappa shape index (κ3) is 9.01. The summed E-state index contributed by atoms with van der Waals surface area (Å²) in [5, 5.41) is 0. The first kappa shape index (κ1) is 27.3. The summed E-state index contributed by atoms with van der Waals surface area (Å²) in [4.78, 5) is 8.25. The Morgan fingerprint density at radius 2 is 1.66 bits per heavy atom. The van der Waals surface area contributed by atoms with Gasteiger partial charge in [-0.15, -0.1) is 0 Å². The molecule has 2 aromatic rings. The molecule has 4 nitrogen and oxygen atoms in total. The lowest BCUT2D eigenvalue weighted by Crippen LogP contribution is -2.14. The molecule has 1 atom stereocenters. The van der Waals surface area contributed by atoms with Gasteiger partial charge in [0.1, 0.15) is 12.8 Å². The minimum Gasteiger partial charge on any atom is -0.490 e. The van der Waals surface area contributed by atoms with Crippen molar-refractivity contribution in [2.24, 2.45) is 5.92 Å². The average molecular weight is 493 g/mol. The summed E-state index contributed by atoms with van der Waals surface area (Å²) in [5.74, 6) is -1.12. The molecule has 0 radical (unpaired) electrons. The van der Waals surface area contributed by atoms with Crippen molar-refractivity contribution in [3.8, 4) is 22.9 Å². The Bertz CT molecular complexity index is 873. The molecule has 0 bridgehead atoms. The quantitative estimate of drug-likeness (QED) is 0.221. The van der Waals surface area contributed by atoms with Gasteiger partial charge in [0.15, 0.2) is 23.1 Å². The molecule has 35 heavy (non-hydrogen) atoms. The summed E-state index contributed by atoms with van der Waals surface area (Å²) < 4.78 is 54.0. The molecule has 0 aliphatic heterocycles. The molecule has 7 heteroatoms. The molecule has 194 valence electrons. The Kier molecular flexibility index (Phi) is 11.6. The van der Waals surface area contributed by atoms with E-state index in [0.29, 0.717) is 18.8 Å². The fraction of sp³-hybridized carbons (Fsp3) is 0.643. The van der Waals surface area contributed by atoms with Gasteiger partial charge >= 0.3 is 0 Å². The van der Waals surface area contributed by atoms with Crippen molar-refractivity contribution >= 4 is 0 Å². The predicted molar refractivity (Wildman–Crippen MR) is 132 cm³/mol. The molecular formula is C28H39F3N2O2. The first-order valence-corrected chi connectivity index (χ1v) is 13.3. The Labute approximate surface area is 207 Å². The number of ether oxygens (including phenoxy) is 2. The highest BCUT2D eigenvalue weighted by Gasteiger charge is 2.19. The Morgan fingerprint density at radius 3 is 2.40 bits per heavy atom. The van der Waals surface area contributed by atoms with Gasteiger partial charge in [0.2, 0.25) is 5.82 Å². The molecule has 0 amide bonds.